The predicted octanol–water partition coefficient (Wildman–Crippen LogP) is 6.49. The van der Waals surface area contributed by atoms with Gasteiger partial charge in [-0.25, -0.2) is 9.78 Å². The Hall–Kier alpha value is -3.72. The van der Waals surface area contributed by atoms with Gasteiger partial charge < -0.3 is 5.32 Å². The molecule has 0 unspecified atom stereocenters. The number of aromatic nitrogens is 2. The van der Waals surface area contributed by atoms with Crippen LogP contribution >= 0.6 is 11.3 Å². The highest BCUT2D eigenvalue weighted by molar-refractivity contribution is 7.13. The molecule has 1 N–H and O–H groups in total. The number of fused-ring (bicyclic) bond motifs is 1. The third-order valence-electron chi connectivity index (χ3n) is 5.42. The molecule has 1 aliphatic heterocycles. The van der Waals surface area contributed by atoms with Crippen LogP contribution in [-0.2, 0) is 12.6 Å². The quantitative estimate of drug-likeness (QED) is 0.376. The number of nitrogens with one attached hydrogen (secondary N) is 1. The maximum absolute atomic E-state index is 13.1. The second-order valence-corrected chi connectivity index (χ2v) is 8.38. The summed E-state index contributed by atoms with van der Waals surface area (Å²) in [6, 6.07) is 14.1. The van der Waals surface area contributed by atoms with Crippen LogP contribution in [0.1, 0.15) is 11.1 Å². The standard InChI is InChI=1S/C24H17F3N4OS/c25-24(26,27)18-4-1-16-9-12-31(21(16)13-18)23(32)29-19-5-2-15(3-6-19)20-14-33-22(30-20)17-7-10-28-11-8-17/h1-8,10-11,13-14H,9,12H2,(H,29,32). The Morgan fingerprint density at radius 2 is 1.76 bits per heavy atom. The van der Waals surface area contributed by atoms with Crippen molar-refractivity contribution in [1.29, 1.82) is 0 Å². The molecule has 4 aromatic rings. The smallest absolute Gasteiger partial charge is 0.308 e. The molecule has 0 spiro atoms. The van der Waals surface area contributed by atoms with Crippen LogP contribution in [0.15, 0.2) is 72.4 Å². The topological polar surface area (TPSA) is 58.1 Å². The second-order valence-electron chi connectivity index (χ2n) is 7.52. The largest absolute Gasteiger partial charge is 0.416 e. The average molecular weight is 466 g/mol. The zero-order chi connectivity index (χ0) is 23.0. The fourth-order valence-electron chi connectivity index (χ4n) is 3.72. The number of amides is 2. The molecule has 0 bridgehead atoms. The van der Waals surface area contributed by atoms with E-state index in [1.54, 1.807) is 24.5 Å². The molecular formula is C24H17F3N4OS. The summed E-state index contributed by atoms with van der Waals surface area (Å²) in [7, 11) is 0. The lowest BCUT2D eigenvalue weighted by Crippen LogP contribution is -2.33. The normalized spacial score (nSPS) is 13.1. The molecule has 5 rings (SSSR count). The van der Waals surface area contributed by atoms with E-state index in [1.807, 2.05) is 29.6 Å². The van der Waals surface area contributed by atoms with E-state index in [2.05, 4.69) is 15.3 Å². The second kappa shape index (κ2) is 8.32. The first-order valence-corrected chi connectivity index (χ1v) is 11.0. The summed E-state index contributed by atoms with van der Waals surface area (Å²) in [5.74, 6) is 0. The summed E-state index contributed by atoms with van der Waals surface area (Å²) in [5.41, 5.74) is 3.51. The number of hydrogen-bond acceptors (Lipinski definition) is 4. The van der Waals surface area contributed by atoms with Gasteiger partial charge in [0.05, 0.1) is 11.3 Å². The number of hydrogen-bond donors (Lipinski definition) is 1. The maximum Gasteiger partial charge on any atom is 0.416 e. The Bertz CT molecular complexity index is 1300. The molecule has 2 amide bonds. The number of rotatable bonds is 3. The molecule has 2 aromatic heterocycles. The third kappa shape index (κ3) is 4.31. The average Bonchev–Trinajstić information content (AvgIpc) is 3.47. The molecule has 3 heterocycles. The molecule has 5 nitrogen and oxygen atoms in total. The highest BCUT2D eigenvalue weighted by Crippen LogP contribution is 2.36. The molecule has 0 saturated heterocycles. The number of nitrogens with zero attached hydrogens (tertiary/aromatic N) is 3. The van der Waals surface area contributed by atoms with Gasteiger partial charge in [0.1, 0.15) is 5.01 Å². The van der Waals surface area contributed by atoms with E-state index >= 15 is 0 Å². The minimum absolute atomic E-state index is 0.296. The fraction of sp³-hybridized carbons (Fsp3) is 0.125. The van der Waals surface area contributed by atoms with Crippen molar-refractivity contribution in [3.05, 3.63) is 83.5 Å². The number of thiazole rings is 1. The summed E-state index contributed by atoms with van der Waals surface area (Å²) in [5, 5.41) is 5.62. The minimum atomic E-state index is -4.46. The van der Waals surface area contributed by atoms with Crippen molar-refractivity contribution >= 4 is 28.7 Å². The summed E-state index contributed by atoms with van der Waals surface area (Å²) in [4.78, 5) is 22.8. The van der Waals surface area contributed by atoms with Crippen molar-refractivity contribution in [2.75, 3.05) is 16.8 Å². The Balaban J connectivity index is 1.30. The first kappa shape index (κ1) is 21.1. The molecule has 9 heteroatoms. The SMILES string of the molecule is O=C(Nc1ccc(-c2csc(-c3ccncc3)n2)cc1)N1CCc2ccc(C(F)(F)F)cc21. The van der Waals surface area contributed by atoms with Crippen molar-refractivity contribution in [1.82, 2.24) is 9.97 Å². The zero-order valence-electron chi connectivity index (χ0n) is 17.1. The van der Waals surface area contributed by atoms with Crippen LogP contribution in [0.3, 0.4) is 0 Å². The number of benzene rings is 2. The van der Waals surface area contributed by atoms with Gasteiger partial charge in [0.2, 0.25) is 0 Å². The number of halogens is 3. The Morgan fingerprint density at radius 1 is 1.00 bits per heavy atom. The van der Waals surface area contributed by atoms with Crippen LogP contribution in [0.5, 0.6) is 0 Å². The molecule has 166 valence electrons. The number of urea groups is 1. The number of carbonyl (C=O) groups excluding carboxylic acids is 1. The molecule has 1 aliphatic rings. The lowest BCUT2D eigenvalue weighted by molar-refractivity contribution is -0.137. The molecule has 0 fully saturated rings. The van der Waals surface area contributed by atoms with E-state index in [0.717, 1.165) is 39.5 Å². The van der Waals surface area contributed by atoms with Gasteiger partial charge in [-0.15, -0.1) is 11.3 Å². The van der Waals surface area contributed by atoms with E-state index < -0.39 is 17.8 Å². The number of carbonyl (C=O) groups is 1. The van der Waals surface area contributed by atoms with Crippen molar-refractivity contribution in [3.63, 3.8) is 0 Å². The van der Waals surface area contributed by atoms with Crippen molar-refractivity contribution in [3.8, 4) is 21.8 Å². The Morgan fingerprint density at radius 3 is 2.48 bits per heavy atom. The zero-order valence-corrected chi connectivity index (χ0v) is 18.0. The molecule has 2 aromatic carbocycles. The van der Waals surface area contributed by atoms with E-state index in [4.69, 9.17) is 0 Å². The van der Waals surface area contributed by atoms with Crippen LogP contribution in [0.4, 0.5) is 29.3 Å². The highest BCUT2D eigenvalue weighted by Gasteiger charge is 2.33. The first-order chi connectivity index (χ1) is 15.9. The van der Waals surface area contributed by atoms with Gasteiger partial charge >= 0.3 is 12.2 Å². The van der Waals surface area contributed by atoms with Crippen molar-refractivity contribution in [2.24, 2.45) is 0 Å². The van der Waals surface area contributed by atoms with Gasteiger partial charge in [0, 0.05) is 46.8 Å². The van der Waals surface area contributed by atoms with Gasteiger partial charge in [-0.3, -0.25) is 9.88 Å². The summed E-state index contributed by atoms with van der Waals surface area (Å²) >= 11 is 1.53. The van der Waals surface area contributed by atoms with Crippen LogP contribution in [-0.4, -0.2) is 22.5 Å². The molecular weight excluding hydrogens is 449 g/mol. The number of alkyl halides is 3. The molecule has 0 radical (unpaired) electrons. The van der Waals surface area contributed by atoms with E-state index in [-0.39, 0.29) is 0 Å². The molecule has 33 heavy (non-hydrogen) atoms. The number of anilines is 2. The maximum atomic E-state index is 13.1. The van der Waals surface area contributed by atoms with Gasteiger partial charge in [0.15, 0.2) is 0 Å². The summed E-state index contributed by atoms with van der Waals surface area (Å²) in [6.07, 6.45) is -0.501. The molecule has 0 saturated carbocycles. The minimum Gasteiger partial charge on any atom is -0.308 e. The van der Waals surface area contributed by atoms with Crippen LogP contribution in [0.25, 0.3) is 21.8 Å². The van der Waals surface area contributed by atoms with E-state index in [0.29, 0.717) is 24.3 Å². The van der Waals surface area contributed by atoms with Gasteiger partial charge in [-0.2, -0.15) is 13.2 Å². The van der Waals surface area contributed by atoms with Gasteiger partial charge in [-0.05, 0) is 48.4 Å². The van der Waals surface area contributed by atoms with Gasteiger partial charge in [-0.1, -0.05) is 18.2 Å². The molecule has 0 atom stereocenters. The first-order valence-electron chi connectivity index (χ1n) is 10.1. The third-order valence-corrected chi connectivity index (χ3v) is 6.31. The van der Waals surface area contributed by atoms with Crippen LogP contribution < -0.4 is 10.2 Å². The summed E-state index contributed by atoms with van der Waals surface area (Å²) in [6.45, 7) is 0.331. The monoisotopic (exact) mass is 466 g/mol. The van der Waals surface area contributed by atoms with Gasteiger partial charge in [0.25, 0.3) is 0 Å². The Labute approximate surface area is 191 Å². The predicted molar refractivity (Wildman–Crippen MR) is 122 cm³/mol. The van der Waals surface area contributed by atoms with Crippen molar-refractivity contribution in [2.45, 2.75) is 12.6 Å². The lowest BCUT2D eigenvalue weighted by atomic mass is 10.1. The Kier molecular flexibility index (Phi) is 5.33. The number of pyridine rings is 1. The van der Waals surface area contributed by atoms with Crippen LogP contribution in [0, 0.1) is 0 Å². The fourth-order valence-corrected chi connectivity index (χ4v) is 4.55. The van der Waals surface area contributed by atoms with Crippen molar-refractivity contribution < 1.29 is 18.0 Å². The van der Waals surface area contributed by atoms with E-state index in [1.165, 1.54) is 22.3 Å². The summed E-state index contributed by atoms with van der Waals surface area (Å²) < 4.78 is 39.2. The van der Waals surface area contributed by atoms with Crippen LogP contribution in [0.2, 0.25) is 0 Å². The highest BCUT2D eigenvalue weighted by atomic mass is 32.1. The lowest BCUT2D eigenvalue weighted by Gasteiger charge is -2.19. The molecule has 0 aliphatic carbocycles. The van der Waals surface area contributed by atoms with E-state index in [9.17, 15) is 18.0 Å².